The fraction of sp³-hybridized carbons (Fsp3) is 0.207. The quantitative estimate of drug-likeness (QED) is 0.236. The zero-order valence-electron chi connectivity index (χ0n) is 21.2. The van der Waals surface area contributed by atoms with Crippen LogP contribution in [0.2, 0.25) is 0 Å². The number of aromatic amines is 1. The van der Waals surface area contributed by atoms with Crippen LogP contribution in [0.5, 0.6) is 5.75 Å². The lowest BCUT2D eigenvalue weighted by molar-refractivity contribution is -0.137. The van der Waals surface area contributed by atoms with Crippen LogP contribution >= 0.6 is 39.0 Å². The maximum Gasteiger partial charge on any atom is 0.416 e. The van der Waals surface area contributed by atoms with Crippen molar-refractivity contribution in [2.24, 2.45) is 5.92 Å². The lowest BCUT2D eigenvalue weighted by atomic mass is 9.82. The van der Waals surface area contributed by atoms with E-state index in [0.717, 1.165) is 51.3 Å². The Hall–Kier alpha value is -3.35. The Morgan fingerprint density at radius 1 is 1.00 bits per heavy atom. The number of thiazole rings is 1. The molecule has 2 aliphatic rings. The van der Waals surface area contributed by atoms with Gasteiger partial charge in [-0.1, -0.05) is 69.4 Å². The molecule has 210 valence electrons. The van der Waals surface area contributed by atoms with Gasteiger partial charge in [-0.3, -0.25) is 14.4 Å². The highest BCUT2D eigenvalue weighted by Crippen LogP contribution is 2.55. The molecule has 3 aromatic carbocycles. The highest BCUT2D eigenvalue weighted by atomic mass is 79.9. The highest BCUT2D eigenvalue weighted by Gasteiger charge is 2.57. The van der Waals surface area contributed by atoms with Gasteiger partial charge in [-0.2, -0.15) is 13.2 Å². The number of hydrogen-bond donors (Lipinski definition) is 1. The van der Waals surface area contributed by atoms with Crippen LogP contribution in [0, 0.1) is 12.8 Å². The maximum absolute atomic E-state index is 14.0. The molecular formula is C29H20BrF3N2O4S2. The van der Waals surface area contributed by atoms with Crippen LogP contribution in [0.15, 0.2) is 81.0 Å². The van der Waals surface area contributed by atoms with Gasteiger partial charge < -0.3 is 9.72 Å². The van der Waals surface area contributed by atoms with Crippen LogP contribution < -0.4 is 14.5 Å². The molecule has 1 saturated heterocycles. The summed E-state index contributed by atoms with van der Waals surface area (Å²) in [7, 11) is 0. The summed E-state index contributed by atoms with van der Waals surface area (Å²) in [6.07, 6.45) is -4.64. The lowest BCUT2D eigenvalue weighted by Crippen LogP contribution is -2.32. The van der Waals surface area contributed by atoms with Crippen LogP contribution in [0.1, 0.15) is 33.0 Å². The number of hydrogen-bond acceptors (Lipinski definition) is 6. The first-order valence-electron chi connectivity index (χ1n) is 12.4. The minimum Gasteiger partial charge on any atom is -0.489 e. The van der Waals surface area contributed by atoms with Crippen LogP contribution in [0.3, 0.4) is 0 Å². The van der Waals surface area contributed by atoms with E-state index in [1.54, 1.807) is 18.2 Å². The molecule has 0 aliphatic carbocycles. The van der Waals surface area contributed by atoms with E-state index in [9.17, 15) is 27.6 Å². The van der Waals surface area contributed by atoms with E-state index in [4.69, 9.17) is 4.74 Å². The number of nitrogens with zero attached hydrogens (tertiary/aromatic N) is 1. The minimum atomic E-state index is -4.64. The second-order valence-electron chi connectivity index (χ2n) is 9.71. The van der Waals surface area contributed by atoms with Crippen molar-refractivity contribution in [2.75, 3.05) is 4.90 Å². The van der Waals surface area contributed by atoms with Crippen molar-refractivity contribution in [3.05, 3.63) is 108 Å². The molecule has 0 saturated carbocycles. The third kappa shape index (κ3) is 5.02. The molecule has 6 rings (SSSR count). The molecule has 0 bridgehead atoms. The third-order valence-electron chi connectivity index (χ3n) is 7.21. The Morgan fingerprint density at radius 3 is 2.54 bits per heavy atom. The van der Waals surface area contributed by atoms with E-state index >= 15 is 0 Å². The van der Waals surface area contributed by atoms with E-state index in [0.29, 0.717) is 25.7 Å². The Kier molecular flexibility index (Phi) is 7.11. The average Bonchev–Trinajstić information content (AvgIpc) is 3.42. The van der Waals surface area contributed by atoms with Gasteiger partial charge in [0.15, 0.2) is 0 Å². The van der Waals surface area contributed by atoms with E-state index < -0.39 is 40.6 Å². The van der Waals surface area contributed by atoms with E-state index in [2.05, 4.69) is 20.9 Å². The van der Waals surface area contributed by atoms with Crippen LogP contribution in [-0.2, 0) is 22.4 Å². The van der Waals surface area contributed by atoms with Crippen molar-refractivity contribution in [2.45, 2.75) is 35.9 Å². The van der Waals surface area contributed by atoms with Gasteiger partial charge >= 0.3 is 11.0 Å². The number of thioether (sulfide) groups is 1. The van der Waals surface area contributed by atoms with Crippen molar-refractivity contribution in [3.8, 4) is 5.75 Å². The monoisotopic (exact) mass is 660 g/mol. The number of rotatable bonds is 5. The fourth-order valence-corrected chi connectivity index (χ4v) is 8.13. The topological polar surface area (TPSA) is 79.5 Å². The molecular weight excluding hydrogens is 641 g/mol. The first-order valence-corrected chi connectivity index (χ1v) is 14.9. The van der Waals surface area contributed by atoms with Gasteiger partial charge in [0.2, 0.25) is 11.8 Å². The number of halogens is 4. The lowest BCUT2D eigenvalue weighted by Gasteiger charge is -2.31. The van der Waals surface area contributed by atoms with Crippen molar-refractivity contribution < 1.29 is 27.5 Å². The number of benzene rings is 3. The highest BCUT2D eigenvalue weighted by molar-refractivity contribution is 9.10. The molecule has 1 aromatic heterocycles. The Bertz CT molecular complexity index is 1750. The number of H-pyrrole nitrogens is 1. The molecule has 1 N–H and O–H groups in total. The summed E-state index contributed by atoms with van der Waals surface area (Å²) in [4.78, 5) is 44.0. The fourth-order valence-electron chi connectivity index (χ4n) is 5.25. The van der Waals surface area contributed by atoms with Gasteiger partial charge in [-0.15, -0.1) is 0 Å². The summed E-state index contributed by atoms with van der Waals surface area (Å²) in [6, 6.07) is 17.3. The maximum atomic E-state index is 14.0. The SMILES string of the molecule is Cc1ccccc1COc1ccc(Br)cc1[C@H]1c2sc(=O)[nH]c2SC2C(=O)N(c3cccc(C(F)(F)F)c3)C(=O)C21. The van der Waals surface area contributed by atoms with Gasteiger partial charge in [0.1, 0.15) is 17.6 Å². The van der Waals surface area contributed by atoms with Crippen LogP contribution in [0.25, 0.3) is 0 Å². The zero-order valence-corrected chi connectivity index (χ0v) is 24.4. The summed E-state index contributed by atoms with van der Waals surface area (Å²) >= 11 is 5.50. The summed E-state index contributed by atoms with van der Waals surface area (Å²) in [5.41, 5.74) is 1.49. The number of nitrogens with one attached hydrogen (secondary N) is 1. The van der Waals surface area contributed by atoms with Gasteiger partial charge in [0.25, 0.3) is 0 Å². The Morgan fingerprint density at radius 2 is 1.78 bits per heavy atom. The molecule has 2 amide bonds. The van der Waals surface area contributed by atoms with Crippen molar-refractivity contribution >= 4 is 56.5 Å². The molecule has 2 aliphatic heterocycles. The summed E-state index contributed by atoms with van der Waals surface area (Å²) in [5.74, 6) is -2.53. The predicted octanol–water partition coefficient (Wildman–Crippen LogP) is 6.90. The van der Waals surface area contributed by atoms with E-state index in [1.165, 1.54) is 12.1 Å². The molecule has 6 nitrogen and oxygen atoms in total. The summed E-state index contributed by atoms with van der Waals surface area (Å²) < 4.78 is 47.3. The minimum absolute atomic E-state index is 0.148. The molecule has 12 heteroatoms. The second-order valence-corrected chi connectivity index (χ2v) is 12.8. The number of alkyl halides is 3. The molecule has 3 heterocycles. The molecule has 41 heavy (non-hydrogen) atoms. The van der Waals surface area contributed by atoms with Crippen LogP contribution in [-0.4, -0.2) is 22.0 Å². The normalized spacial score (nSPS) is 20.2. The summed E-state index contributed by atoms with van der Waals surface area (Å²) in [5, 5.41) is -0.494. The second kappa shape index (κ2) is 10.5. The predicted molar refractivity (Wildman–Crippen MR) is 154 cm³/mol. The van der Waals surface area contributed by atoms with Gasteiger partial charge in [-0.05, 0) is 54.4 Å². The van der Waals surface area contributed by atoms with Gasteiger partial charge in [0, 0.05) is 20.8 Å². The number of aryl methyl sites for hydroxylation is 1. The van der Waals surface area contributed by atoms with Gasteiger partial charge in [0.05, 0.1) is 22.2 Å². The summed E-state index contributed by atoms with van der Waals surface area (Å²) in [6.45, 7) is 2.22. The van der Waals surface area contributed by atoms with Crippen molar-refractivity contribution in [3.63, 3.8) is 0 Å². The number of fused-ring (bicyclic) bond motifs is 2. The molecule has 4 aromatic rings. The average molecular weight is 662 g/mol. The molecule has 0 radical (unpaired) electrons. The number of anilines is 1. The number of carbonyl (C=O) groups excluding carboxylic acids is 2. The molecule has 2 unspecified atom stereocenters. The van der Waals surface area contributed by atoms with Gasteiger partial charge in [-0.25, -0.2) is 4.90 Å². The van der Waals surface area contributed by atoms with Crippen molar-refractivity contribution in [1.29, 1.82) is 0 Å². The number of imide groups is 1. The Labute approximate surface area is 248 Å². The van der Waals surface area contributed by atoms with E-state index in [1.807, 2.05) is 31.2 Å². The smallest absolute Gasteiger partial charge is 0.416 e. The molecule has 1 fully saturated rings. The molecule has 3 atom stereocenters. The first-order chi connectivity index (χ1) is 19.5. The number of amides is 2. The van der Waals surface area contributed by atoms with Crippen LogP contribution in [0.4, 0.5) is 18.9 Å². The number of ether oxygens (including phenoxy) is 1. The third-order valence-corrected chi connectivity index (χ3v) is 10.1. The zero-order chi connectivity index (χ0) is 29.1. The largest absolute Gasteiger partial charge is 0.489 e. The molecule has 0 spiro atoms. The number of aromatic nitrogens is 1. The van der Waals surface area contributed by atoms with E-state index in [-0.39, 0.29) is 17.2 Å². The first kappa shape index (κ1) is 27.8. The number of carbonyl (C=O) groups is 2. The van der Waals surface area contributed by atoms with Crippen molar-refractivity contribution in [1.82, 2.24) is 4.98 Å². The standard InChI is InChI=1S/C29H20BrF3N2O4S2/c1-14-5-2-3-6-15(14)13-39-20-10-9-17(30)12-19(20)21-22-24(40-25-23(21)41-28(38)34-25)27(37)35(26(22)36)18-8-4-7-16(11-18)29(31,32)33/h2-12,21-22,24H,13H2,1H3,(H,34,38)/t21-,22?,24?/m1/s1. The Balaban J connectivity index is 1.45.